The maximum Gasteiger partial charge on any atom is 0.276 e. The summed E-state index contributed by atoms with van der Waals surface area (Å²) in [7, 11) is 0. The molecule has 2 rings (SSSR count). The summed E-state index contributed by atoms with van der Waals surface area (Å²) in [5.74, 6) is 1.69. The van der Waals surface area contributed by atoms with Gasteiger partial charge in [0.2, 0.25) is 0 Å². The van der Waals surface area contributed by atoms with Crippen LogP contribution in [0.4, 0.5) is 0 Å². The Hall–Kier alpha value is -1.82. The van der Waals surface area contributed by atoms with Crippen molar-refractivity contribution in [2.24, 2.45) is 11.8 Å². The number of rotatable bonds is 4. The van der Waals surface area contributed by atoms with E-state index in [4.69, 9.17) is 17.0 Å². The zero-order valence-electron chi connectivity index (χ0n) is 14.6. The molecule has 1 saturated carbocycles. The van der Waals surface area contributed by atoms with Gasteiger partial charge in [-0.1, -0.05) is 44.9 Å². The third-order valence-corrected chi connectivity index (χ3v) is 5.01. The van der Waals surface area contributed by atoms with E-state index in [-0.39, 0.29) is 12.5 Å². The summed E-state index contributed by atoms with van der Waals surface area (Å²) in [4.78, 5) is 11.9. The summed E-state index contributed by atoms with van der Waals surface area (Å²) in [5, 5.41) is 3.75. The zero-order valence-corrected chi connectivity index (χ0v) is 15.4. The van der Waals surface area contributed by atoms with Crippen molar-refractivity contribution in [3.63, 3.8) is 0 Å². The second-order valence-electron chi connectivity index (χ2n) is 6.57. The Balaban J connectivity index is 1.69. The minimum atomic E-state index is -0.271. The lowest BCUT2D eigenvalue weighted by atomic mass is 9.78. The van der Waals surface area contributed by atoms with Crippen LogP contribution in [0.15, 0.2) is 24.3 Å². The Morgan fingerprint density at radius 1 is 1.25 bits per heavy atom. The number of hydrogen-bond acceptors (Lipinski definition) is 3. The molecule has 5 nitrogen and oxygen atoms in total. The first-order chi connectivity index (χ1) is 11.5. The molecule has 0 saturated heterocycles. The van der Waals surface area contributed by atoms with Crippen molar-refractivity contribution >= 4 is 23.2 Å². The first-order valence-corrected chi connectivity index (χ1v) is 8.92. The average Bonchev–Trinajstić information content (AvgIpc) is 2.56. The van der Waals surface area contributed by atoms with Gasteiger partial charge in [-0.2, -0.15) is 0 Å². The van der Waals surface area contributed by atoms with Crippen molar-refractivity contribution in [3.05, 3.63) is 29.8 Å². The summed E-state index contributed by atoms with van der Waals surface area (Å²) >= 11 is 5.27. The number of hydrazine groups is 1. The lowest BCUT2D eigenvalue weighted by molar-refractivity contribution is -0.123. The highest BCUT2D eigenvalue weighted by atomic mass is 32.1. The summed E-state index contributed by atoms with van der Waals surface area (Å²) in [6, 6.07) is 7.95. The monoisotopic (exact) mass is 349 g/mol. The lowest BCUT2D eigenvalue weighted by Gasteiger charge is -2.35. The third-order valence-electron chi connectivity index (χ3n) is 4.79. The van der Waals surface area contributed by atoms with Gasteiger partial charge in [-0.3, -0.25) is 15.6 Å². The average molecular weight is 350 g/mol. The molecule has 1 aliphatic carbocycles. The standard InChI is InChI=1S/C18H27N3O2S/c1-12-8-6-9-15(14(12)3)19-18(24)21-20-17(22)11-23-16-10-5-4-7-13(16)2/h4-5,7,10,12,14-15H,6,8-9,11H2,1-3H3,(H,20,22)(H2,19,21,24)/t12-,14-,15+/m0/s1. The highest BCUT2D eigenvalue weighted by Gasteiger charge is 2.27. The maximum absolute atomic E-state index is 11.9. The first kappa shape index (κ1) is 18.5. The summed E-state index contributed by atoms with van der Waals surface area (Å²) < 4.78 is 5.50. The van der Waals surface area contributed by atoms with E-state index in [1.165, 1.54) is 12.8 Å². The minimum Gasteiger partial charge on any atom is -0.483 e. The van der Waals surface area contributed by atoms with Crippen molar-refractivity contribution in [1.82, 2.24) is 16.2 Å². The Bertz CT molecular complexity index is 579. The molecule has 24 heavy (non-hydrogen) atoms. The van der Waals surface area contributed by atoms with E-state index in [1.54, 1.807) is 0 Å². The number of benzene rings is 1. The van der Waals surface area contributed by atoms with Gasteiger partial charge in [0.1, 0.15) is 5.75 Å². The Morgan fingerprint density at radius 3 is 2.75 bits per heavy atom. The fourth-order valence-corrected chi connectivity index (χ4v) is 3.22. The molecule has 0 unspecified atom stereocenters. The number of aryl methyl sites for hydroxylation is 1. The highest BCUT2D eigenvalue weighted by molar-refractivity contribution is 7.80. The lowest BCUT2D eigenvalue weighted by Crippen LogP contribution is -2.53. The molecule has 132 valence electrons. The molecule has 1 amide bonds. The van der Waals surface area contributed by atoms with Gasteiger partial charge < -0.3 is 10.1 Å². The third kappa shape index (κ3) is 5.37. The van der Waals surface area contributed by atoms with Crippen molar-refractivity contribution in [3.8, 4) is 5.75 Å². The molecule has 1 aromatic carbocycles. The first-order valence-electron chi connectivity index (χ1n) is 8.51. The van der Waals surface area contributed by atoms with Gasteiger partial charge in [0.25, 0.3) is 5.91 Å². The van der Waals surface area contributed by atoms with Crippen LogP contribution in [0.1, 0.15) is 38.7 Å². The molecule has 0 bridgehead atoms. The number of para-hydroxylation sites is 1. The van der Waals surface area contributed by atoms with Crippen LogP contribution < -0.4 is 20.9 Å². The van der Waals surface area contributed by atoms with Gasteiger partial charge >= 0.3 is 0 Å². The second kappa shape index (κ2) is 8.87. The molecule has 3 N–H and O–H groups in total. The summed E-state index contributed by atoms with van der Waals surface area (Å²) in [6.45, 7) is 6.41. The molecule has 0 spiro atoms. The van der Waals surface area contributed by atoms with Crippen molar-refractivity contribution in [2.45, 2.75) is 46.1 Å². The number of hydrogen-bond donors (Lipinski definition) is 3. The molecule has 1 fully saturated rings. The normalized spacial score (nSPS) is 23.2. The molecule has 1 aliphatic rings. The van der Waals surface area contributed by atoms with E-state index >= 15 is 0 Å². The van der Waals surface area contributed by atoms with Crippen molar-refractivity contribution < 1.29 is 9.53 Å². The number of amides is 1. The molecule has 0 aliphatic heterocycles. The Labute approximate surface area is 149 Å². The second-order valence-corrected chi connectivity index (χ2v) is 6.98. The van der Waals surface area contributed by atoms with Gasteiger partial charge in [0.05, 0.1) is 0 Å². The van der Waals surface area contributed by atoms with Crippen LogP contribution >= 0.6 is 12.2 Å². The summed E-state index contributed by atoms with van der Waals surface area (Å²) in [6.07, 6.45) is 3.59. The van der Waals surface area contributed by atoms with Crippen LogP contribution in [-0.4, -0.2) is 23.7 Å². The molecule has 0 aromatic heterocycles. The van der Waals surface area contributed by atoms with Crippen LogP contribution in [0, 0.1) is 18.8 Å². The predicted octanol–water partition coefficient (Wildman–Crippen LogP) is 2.69. The molecule has 0 heterocycles. The molecule has 6 heteroatoms. The van der Waals surface area contributed by atoms with E-state index in [0.29, 0.717) is 28.7 Å². The highest BCUT2D eigenvalue weighted by Crippen LogP contribution is 2.29. The molecular weight excluding hydrogens is 322 g/mol. The van der Waals surface area contributed by atoms with Gasteiger partial charge in [-0.05, 0) is 49.0 Å². The minimum absolute atomic E-state index is 0.0582. The fourth-order valence-electron chi connectivity index (χ4n) is 3.01. The maximum atomic E-state index is 11.9. The zero-order chi connectivity index (χ0) is 17.5. The quantitative estimate of drug-likeness (QED) is 0.576. The van der Waals surface area contributed by atoms with Crippen LogP contribution in [0.5, 0.6) is 5.75 Å². The topological polar surface area (TPSA) is 62.4 Å². The SMILES string of the molecule is Cc1ccccc1OCC(=O)NNC(=S)N[C@@H]1CCC[C@H](C)[C@@H]1C. The number of thiocarbonyl (C=S) groups is 1. The largest absolute Gasteiger partial charge is 0.483 e. The van der Waals surface area contributed by atoms with Crippen molar-refractivity contribution in [1.29, 1.82) is 0 Å². The van der Waals surface area contributed by atoms with Gasteiger partial charge in [-0.25, -0.2) is 0 Å². The van der Waals surface area contributed by atoms with Gasteiger partial charge in [0, 0.05) is 6.04 Å². The van der Waals surface area contributed by atoms with Crippen LogP contribution in [0.2, 0.25) is 0 Å². The predicted molar refractivity (Wildman–Crippen MR) is 99.7 cm³/mol. The number of carbonyl (C=O) groups is 1. The molecule has 1 aromatic rings. The Kier molecular flexibility index (Phi) is 6.85. The number of carbonyl (C=O) groups excluding carboxylic acids is 1. The van der Waals surface area contributed by atoms with Gasteiger partial charge in [-0.15, -0.1) is 0 Å². The van der Waals surface area contributed by atoms with E-state index in [0.717, 1.165) is 12.0 Å². The Morgan fingerprint density at radius 2 is 2.00 bits per heavy atom. The molecular formula is C18H27N3O2S. The van der Waals surface area contributed by atoms with Crippen LogP contribution in [-0.2, 0) is 4.79 Å². The van der Waals surface area contributed by atoms with Crippen LogP contribution in [0.25, 0.3) is 0 Å². The van der Waals surface area contributed by atoms with E-state index in [1.807, 2.05) is 31.2 Å². The van der Waals surface area contributed by atoms with Crippen LogP contribution in [0.3, 0.4) is 0 Å². The van der Waals surface area contributed by atoms with E-state index in [2.05, 4.69) is 30.0 Å². The smallest absolute Gasteiger partial charge is 0.276 e. The summed E-state index contributed by atoms with van der Waals surface area (Å²) in [5.41, 5.74) is 6.32. The van der Waals surface area contributed by atoms with E-state index in [9.17, 15) is 4.79 Å². The van der Waals surface area contributed by atoms with E-state index < -0.39 is 0 Å². The van der Waals surface area contributed by atoms with Crippen molar-refractivity contribution in [2.75, 3.05) is 6.61 Å². The van der Waals surface area contributed by atoms with Gasteiger partial charge in [0.15, 0.2) is 11.7 Å². The molecule has 0 radical (unpaired) electrons. The molecule has 3 atom stereocenters. The number of ether oxygens (including phenoxy) is 1. The number of nitrogens with one attached hydrogen (secondary N) is 3. The fraction of sp³-hybridized carbons (Fsp3) is 0.556.